The number of benzene rings is 2. The Bertz CT molecular complexity index is 853. The van der Waals surface area contributed by atoms with E-state index in [9.17, 15) is 4.79 Å². The minimum absolute atomic E-state index is 0.120. The van der Waals surface area contributed by atoms with Crippen LogP contribution in [0.3, 0.4) is 0 Å². The number of para-hydroxylation sites is 1. The van der Waals surface area contributed by atoms with Gasteiger partial charge in [0, 0.05) is 28.7 Å². The van der Waals surface area contributed by atoms with Crippen LogP contribution >= 0.6 is 0 Å². The average molecular weight is 289 g/mol. The van der Waals surface area contributed by atoms with Gasteiger partial charge in [0.1, 0.15) is 0 Å². The molecule has 0 saturated heterocycles. The van der Waals surface area contributed by atoms with Crippen molar-refractivity contribution >= 4 is 22.8 Å². The lowest BCUT2D eigenvalue weighted by Gasteiger charge is -2.09. The highest BCUT2D eigenvalue weighted by molar-refractivity contribution is 6.08. The molecule has 0 fully saturated rings. The Kier molecular flexibility index (Phi) is 3.68. The van der Waals surface area contributed by atoms with Crippen LogP contribution < -0.4 is 0 Å². The van der Waals surface area contributed by atoms with E-state index in [4.69, 9.17) is 0 Å². The summed E-state index contributed by atoms with van der Waals surface area (Å²) in [5, 5.41) is 1.04. The molecule has 0 unspecified atom stereocenters. The van der Waals surface area contributed by atoms with Crippen molar-refractivity contribution in [3.63, 3.8) is 0 Å². The van der Waals surface area contributed by atoms with Crippen molar-refractivity contribution in [2.45, 2.75) is 20.4 Å². The SMILES string of the molecule is C=Cc1ccc(Cn2c(C)c(C(C)=O)c3ccccc32)cc1. The van der Waals surface area contributed by atoms with Gasteiger partial charge in [-0.25, -0.2) is 0 Å². The summed E-state index contributed by atoms with van der Waals surface area (Å²) >= 11 is 0. The molecule has 0 aliphatic carbocycles. The van der Waals surface area contributed by atoms with Crippen LogP contribution in [-0.2, 0) is 6.54 Å². The largest absolute Gasteiger partial charge is 0.340 e. The summed E-state index contributed by atoms with van der Waals surface area (Å²) in [5.41, 5.74) is 5.30. The molecular formula is C20H19NO. The van der Waals surface area contributed by atoms with E-state index in [2.05, 4.69) is 41.5 Å². The van der Waals surface area contributed by atoms with Crippen LogP contribution in [0.2, 0.25) is 0 Å². The van der Waals surface area contributed by atoms with Gasteiger partial charge < -0.3 is 4.57 Å². The molecule has 3 aromatic rings. The first-order valence-electron chi connectivity index (χ1n) is 7.42. The molecule has 0 atom stereocenters. The Morgan fingerprint density at radius 1 is 1.14 bits per heavy atom. The average Bonchev–Trinajstić information content (AvgIpc) is 2.81. The zero-order chi connectivity index (χ0) is 15.7. The first kappa shape index (κ1) is 14.3. The molecule has 1 heterocycles. The maximum Gasteiger partial charge on any atom is 0.162 e. The van der Waals surface area contributed by atoms with Gasteiger partial charge in [-0.05, 0) is 31.0 Å². The molecule has 3 rings (SSSR count). The first-order chi connectivity index (χ1) is 10.6. The third kappa shape index (κ3) is 2.37. The second-order valence-electron chi connectivity index (χ2n) is 5.57. The summed E-state index contributed by atoms with van der Waals surface area (Å²) in [7, 11) is 0. The van der Waals surface area contributed by atoms with Crippen LogP contribution in [0.5, 0.6) is 0 Å². The van der Waals surface area contributed by atoms with E-state index >= 15 is 0 Å². The monoisotopic (exact) mass is 289 g/mol. The van der Waals surface area contributed by atoms with Crippen LogP contribution in [0.25, 0.3) is 17.0 Å². The van der Waals surface area contributed by atoms with Gasteiger partial charge in [-0.2, -0.15) is 0 Å². The molecular weight excluding hydrogens is 270 g/mol. The molecule has 2 nitrogen and oxygen atoms in total. The van der Waals surface area contributed by atoms with Crippen LogP contribution in [-0.4, -0.2) is 10.4 Å². The molecule has 0 aliphatic rings. The number of hydrogen-bond donors (Lipinski definition) is 0. The minimum Gasteiger partial charge on any atom is -0.340 e. The molecule has 110 valence electrons. The van der Waals surface area contributed by atoms with Gasteiger partial charge in [0.05, 0.1) is 0 Å². The van der Waals surface area contributed by atoms with Gasteiger partial charge in [-0.1, -0.05) is 55.1 Å². The van der Waals surface area contributed by atoms with Crippen molar-refractivity contribution in [1.82, 2.24) is 4.57 Å². The summed E-state index contributed by atoms with van der Waals surface area (Å²) < 4.78 is 2.22. The van der Waals surface area contributed by atoms with E-state index in [-0.39, 0.29) is 5.78 Å². The lowest BCUT2D eigenvalue weighted by atomic mass is 10.1. The predicted octanol–water partition coefficient (Wildman–Crippen LogP) is 4.84. The number of ketones is 1. The third-order valence-corrected chi connectivity index (χ3v) is 4.14. The van der Waals surface area contributed by atoms with Crippen LogP contribution in [0, 0.1) is 6.92 Å². The van der Waals surface area contributed by atoms with E-state index in [1.54, 1.807) is 6.92 Å². The molecule has 2 heteroatoms. The number of carbonyl (C=O) groups excluding carboxylic acids is 1. The second kappa shape index (κ2) is 5.64. The number of hydrogen-bond acceptors (Lipinski definition) is 1. The fourth-order valence-electron chi connectivity index (χ4n) is 3.02. The second-order valence-corrected chi connectivity index (χ2v) is 5.57. The molecule has 0 amide bonds. The summed E-state index contributed by atoms with van der Waals surface area (Å²) in [6, 6.07) is 16.4. The normalized spacial score (nSPS) is 10.8. The molecule has 22 heavy (non-hydrogen) atoms. The first-order valence-corrected chi connectivity index (χ1v) is 7.42. The van der Waals surface area contributed by atoms with Gasteiger partial charge in [0.2, 0.25) is 0 Å². The molecule has 0 N–H and O–H groups in total. The quantitative estimate of drug-likeness (QED) is 0.630. The van der Waals surface area contributed by atoms with Crippen LogP contribution in [0.15, 0.2) is 55.1 Å². The number of carbonyl (C=O) groups is 1. The topological polar surface area (TPSA) is 22.0 Å². The predicted molar refractivity (Wildman–Crippen MR) is 92.3 cm³/mol. The van der Waals surface area contributed by atoms with Gasteiger partial charge in [0.25, 0.3) is 0 Å². The van der Waals surface area contributed by atoms with Crippen molar-refractivity contribution in [1.29, 1.82) is 0 Å². The molecule has 0 spiro atoms. The molecule has 0 radical (unpaired) electrons. The lowest BCUT2D eigenvalue weighted by molar-refractivity contribution is 0.101. The Labute approximate surface area is 130 Å². The van der Waals surface area contributed by atoms with E-state index in [0.29, 0.717) is 0 Å². The van der Waals surface area contributed by atoms with Gasteiger partial charge in [-0.15, -0.1) is 0 Å². The summed E-state index contributed by atoms with van der Waals surface area (Å²) in [6.45, 7) is 8.20. The molecule has 0 bridgehead atoms. The highest BCUT2D eigenvalue weighted by atomic mass is 16.1. The fraction of sp³-hybridized carbons (Fsp3) is 0.150. The summed E-state index contributed by atoms with van der Waals surface area (Å²) in [4.78, 5) is 12.0. The number of fused-ring (bicyclic) bond motifs is 1. The van der Waals surface area contributed by atoms with Gasteiger partial charge in [-0.3, -0.25) is 4.79 Å². The van der Waals surface area contributed by atoms with E-state index in [1.165, 1.54) is 5.56 Å². The van der Waals surface area contributed by atoms with Gasteiger partial charge in [0.15, 0.2) is 5.78 Å². The van der Waals surface area contributed by atoms with E-state index < -0.39 is 0 Å². The zero-order valence-electron chi connectivity index (χ0n) is 13.0. The van der Waals surface area contributed by atoms with Crippen molar-refractivity contribution in [2.75, 3.05) is 0 Å². The maximum atomic E-state index is 12.0. The highest BCUT2D eigenvalue weighted by Crippen LogP contribution is 2.27. The number of rotatable bonds is 4. The third-order valence-electron chi connectivity index (χ3n) is 4.14. The van der Waals surface area contributed by atoms with Crippen molar-refractivity contribution < 1.29 is 4.79 Å². The van der Waals surface area contributed by atoms with Crippen molar-refractivity contribution in [3.05, 3.63) is 77.5 Å². The molecule has 0 saturated carbocycles. The van der Waals surface area contributed by atoms with Crippen LogP contribution in [0.1, 0.15) is 34.1 Å². The summed E-state index contributed by atoms with van der Waals surface area (Å²) in [6.07, 6.45) is 1.84. The number of nitrogens with zero attached hydrogens (tertiary/aromatic N) is 1. The molecule has 0 aliphatic heterocycles. The Morgan fingerprint density at radius 2 is 1.82 bits per heavy atom. The Balaban J connectivity index is 2.11. The molecule has 1 aromatic heterocycles. The van der Waals surface area contributed by atoms with Crippen molar-refractivity contribution in [3.8, 4) is 0 Å². The van der Waals surface area contributed by atoms with Crippen LogP contribution in [0.4, 0.5) is 0 Å². The van der Waals surface area contributed by atoms with E-state index in [0.717, 1.165) is 34.3 Å². The molecule has 2 aromatic carbocycles. The Morgan fingerprint density at radius 3 is 2.45 bits per heavy atom. The smallest absolute Gasteiger partial charge is 0.162 e. The summed E-state index contributed by atoms with van der Waals surface area (Å²) in [5.74, 6) is 0.120. The maximum absolute atomic E-state index is 12.0. The minimum atomic E-state index is 0.120. The van der Waals surface area contributed by atoms with E-state index in [1.807, 2.05) is 31.2 Å². The fourth-order valence-corrected chi connectivity index (χ4v) is 3.02. The van der Waals surface area contributed by atoms with Gasteiger partial charge >= 0.3 is 0 Å². The zero-order valence-corrected chi connectivity index (χ0v) is 13.0. The lowest BCUT2D eigenvalue weighted by Crippen LogP contribution is -2.03. The highest BCUT2D eigenvalue weighted by Gasteiger charge is 2.16. The standard InChI is InChI=1S/C20H19NO/c1-4-16-9-11-17(12-10-16)13-21-14(2)20(15(3)22)18-7-5-6-8-19(18)21/h4-12H,1,13H2,2-3H3. The van der Waals surface area contributed by atoms with Crippen molar-refractivity contribution in [2.24, 2.45) is 0 Å². The number of aromatic nitrogens is 1. The number of Topliss-reactive ketones (excluding diaryl/α,β-unsaturated/α-hetero) is 1. The Hall–Kier alpha value is -2.61.